The van der Waals surface area contributed by atoms with Crippen LogP contribution in [-0.2, 0) is 20.9 Å². The molecule has 1 saturated heterocycles. The number of ether oxygens (including phenoxy) is 3. The molecule has 0 radical (unpaired) electrons. The van der Waals surface area contributed by atoms with Crippen molar-refractivity contribution >= 4 is 39.3 Å². The number of carbonyl (C=O) groups is 3. The Labute approximate surface area is 309 Å². The van der Waals surface area contributed by atoms with Gasteiger partial charge in [0, 0.05) is 47.3 Å². The number of hydrogen-bond donors (Lipinski definition) is 0. The van der Waals surface area contributed by atoms with Gasteiger partial charge in [-0.3, -0.25) is 14.4 Å². The molecular weight excluding hydrogens is 710 g/mol. The predicted octanol–water partition coefficient (Wildman–Crippen LogP) is 7.91. The Hall–Kier alpha value is -3.89. The molecule has 2 fully saturated rings. The third-order valence-corrected chi connectivity index (χ3v) is 11.3. The molecule has 0 bridgehead atoms. The zero-order chi connectivity index (χ0) is 35.5. The zero-order valence-corrected chi connectivity index (χ0v) is 31.2. The Morgan fingerprint density at radius 2 is 1.63 bits per heavy atom. The molecule has 4 aliphatic rings. The molecule has 7 rings (SSSR count). The Balaban J connectivity index is 1.39. The van der Waals surface area contributed by atoms with Gasteiger partial charge >= 0.3 is 0 Å². The van der Waals surface area contributed by atoms with Crippen molar-refractivity contribution < 1.29 is 28.6 Å². The topological polar surface area (TPSA) is 88.6 Å². The van der Waals surface area contributed by atoms with E-state index in [9.17, 15) is 9.59 Å². The molecule has 9 nitrogen and oxygen atoms in total. The molecule has 0 aromatic heterocycles. The van der Waals surface area contributed by atoms with E-state index in [1.807, 2.05) is 76.5 Å². The number of carbonyl (C=O) groups excluding carboxylic acids is 3. The summed E-state index contributed by atoms with van der Waals surface area (Å²) in [6.45, 7) is 5.83. The quantitative estimate of drug-likeness (QED) is 0.254. The summed E-state index contributed by atoms with van der Waals surface area (Å²) >= 11 is 3.57. The lowest BCUT2D eigenvalue weighted by Gasteiger charge is -2.42. The van der Waals surface area contributed by atoms with Crippen molar-refractivity contribution in [3.63, 3.8) is 0 Å². The molecule has 0 N–H and O–H groups in total. The summed E-state index contributed by atoms with van der Waals surface area (Å²) in [7, 11) is 0. The van der Waals surface area contributed by atoms with Crippen LogP contribution in [0, 0.1) is 11.8 Å². The van der Waals surface area contributed by atoms with E-state index >= 15 is 4.79 Å². The maximum Gasteiger partial charge on any atom is 0.258 e. The SMILES string of the molecule is CC(C)C[C@H]1C(=O)N(Cc2ccc(Br)cc2)[C@H]2c3cc4c(cc3N(C(=O)c3ccccc3)[C@@H]2COCCCCN1C(=O)C1CCCCC1)OCO4. The summed E-state index contributed by atoms with van der Waals surface area (Å²) in [6, 6.07) is 19.3. The number of halogens is 1. The van der Waals surface area contributed by atoms with Crippen molar-refractivity contribution in [3.05, 3.63) is 87.9 Å². The number of hydrogen-bond acceptors (Lipinski definition) is 6. The number of nitrogens with zero attached hydrogens (tertiary/aromatic N) is 3. The summed E-state index contributed by atoms with van der Waals surface area (Å²) in [4.78, 5) is 50.4. The van der Waals surface area contributed by atoms with Crippen LogP contribution in [0.25, 0.3) is 0 Å². The van der Waals surface area contributed by atoms with Crippen LogP contribution in [0.3, 0.4) is 0 Å². The summed E-state index contributed by atoms with van der Waals surface area (Å²) in [5.41, 5.74) is 2.96. The van der Waals surface area contributed by atoms with Gasteiger partial charge in [0.2, 0.25) is 18.6 Å². The fourth-order valence-corrected chi connectivity index (χ4v) is 8.50. The summed E-state index contributed by atoms with van der Waals surface area (Å²) < 4.78 is 19.1. The Bertz CT molecular complexity index is 1710. The lowest BCUT2D eigenvalue weighted by Crippen LogP contribution is -2.56. The molecule has 1 aliphatic carbocycles. The Kier molecular flexibility index (Phi) is 11.0. The van der Waals surface area contributed by atoms with Crippen LogP contribution in [0.5, 0.6) is 11.5 Å². The van der Waals surface area contributed by atoms with Gasteiger partial charge in [-0.1, -0.05) is 79.4 Å². The minimum absolute atomic E-state index is 0.0658. The fourth-order valence-electron chi connectivity index (χ4n) is 8.23. The molecular formula is C41H48BrN3O6. The van der Waals surface area contributed by atoms with Gasteiger partial charge in [-0.25, -0.2) is 0 Å². The van der Waals surface area contributed by atoms with Gasteiger partial charge in [0.1, 0.15) is 6.04 Å². The van der Waals surface area contributed by atoms with Crippen LogP contribution < -0.4 is 14.4 Å². The standard InChI is InChI=1S/C41H48BrN3O6/c1-27(2)21-34-41(48)44(24-28-15-17-31(42)18-16-28)38-32-22-36-37(51-26-50-36)23-33(32)45(40(47)30-13-7-4-8-14-30)35(38)25-49-20-10-9-19-43(34)39(46)29-11-5-3-6-12-29/h4,7-8,13-18,22-23,27,29,34-35,38H,3,5-6,9-12,19-21,24-26H2,1-2H3/t34-,35+,38-/m0/s1. The normalized spacial score (nSPS) is 22.7. The maximum absolute atomic E-state index is 15.6. The first kappa shape index (κ1) is 35.5. The van der Waals surface area contributed by atoms with E-state index in [1.54, 1.807) is 4.90 Å². The first-order valence-corrected chi connectivity index (χ1v) is 19.3. The second-order valence-corrected chi connectivity index (χ2v) is 15.6. The van der Waals surface area contributed by atoms with E-state index in [4.69, 9.17) is 14.2 Å². The zero-order valence-electron chi connectivity index (χ0n) is 29.6. The highest BCUT2D eigenvalue weighted by atomic mass is 79.9. The van der Waals surface area contributed by atoms with Crippen molar-refractivity contribution in [2.24, 2.45) is 11.8 Å². The minimum atomic E-state index is -0.646. The molecule has 0 unspecified atom stereocenters. The van der Waals surface area contributed by atoms with Crippen molar-refractivity contribution in [1.29, 1.82) is 0 Å². The predicted molar refractivity (Wildman–Crippen MR) is 199 cm³/mol. The van der Waals surface area contributed by atoms with Crippen LogP contribution in [0.1, 0.15) is 92.7 Å². The highest BCUT2D eigenvalue weighted by Crippen LogP contribution is 2.50. The molecule has 1 saturated carbocycles. The van der Waals surface area contributed by atoms with E-state index < -0.39 is 18.1 Å². The third-order valence-electron chi connectivity index (χ3n) is 10.7. The van der Waals surface area contributed by atoms with Gasteiger partial charge in [0.25, 0.3) is 5.91 Å². The summed E-state index contributed by atoms with van der Waals surface area (Å²) in [5.74, 6) is 1.06. The Morgan fingerprint density at radius 3 is 2.35 bits per heavy atom. The van der Waals surface area contributed by atoms with E-state index in [0.717, 1.165) is 60.5 Å². The molecule has 3 aromatic carbocycles. The first-order chi connectivity index (χ1) is 24.8. The van der Waals surface area contributed by atoms with Crippen LogP contribution in [0.15, 0.2) is 71.2 Å². The molecule has 10 heteroatoms. The average Bonchev–Trinajstić information content (AvgIpc) is 3.73. The molecule has 3 aromatic rings. The largest absolute Gasteiger partial charge is 0.454 e. The summed E-state index contributed by atoms with van der Waals surface area (Å²) in [5, 5.41) is 0. The molecule has 3 amide bonds. The van der Waals surface area contributed by atoms with Crippen molar-refractivity contribution in [2.75, 3.05) is 31.5 Å². The third kappa shape index (κ3) is 7.54. The van der Waals surface area contributed by atoms with Gasteiger partial charge in [-0.05, 0) is 73.9 Å². The number of anilines is 1. The van der Waals surface area contributed by atoms with Crippen LogP contribution in [0.4, 0.5) is 5.69 Å². The molecule has 0 spiro atoms. The van der Waals surface area contributed by atoms with E-state index in [0.29, 0.717) is 42.3 Å². The number of amides is 3. The van der Waals surface area contributed by atoms with E-state index in [2.05, 4.69) is 29.8 Å². The smallest absolute Gasteiger partial charge is 0.258 e. The van der Waals surface area contributed by atoms with Gasteiger partial charge in [0.05, 0.1) is 24.4 Å². The molecule has 3 aliphatic heterocycles. The van der Waals surface area contributed by atoms with E-state index in [1.165, 1.54) is 0 Å². The monoisotopic (exact) mass is 757 g/mol. The summed E-state index contributed by atoms with van der Waals surface area (Å²) in [6.07, 6.45) is 6.98. The van der Waals surface area contributed by atoms with Crippen LogP contribution in [-0.4, -0.2) is 66.2 Å². The first-order valence-electron chi connectivity index (χ1n) is 18.6. The lowest BCUT2D eigenvalue weighted by atomic mass is 9.87. The second kappa shape index (κ2) is 15.8. The van der Waals surface area contributed by atoms with Crippen LogP contribution >= 0.6 is 15.9 Å². The molecule has 3 heterocycles. The molecule has 270 valence electrons. The van der Waals surface area contributed by atoms with Gasteiger partial charge < -0.3 is 28.9 Å². The van der Waals surface area contributed by atoms with Crippen molar-refractivity contribution in [1.82, 2.24) is 9.80 Å². The number of fused-ring (bicyclic) bond motifs is 4. The van der Waals surface area contributed by atoms with Gasteiger partial charge in [-0.2, -0.15) is 0 Å². The average molecular weight is 759 g/mol. The highest BCUT2D eigenvalue weighted by molar-refractivity contribution is 9.10. The van der Waals surface area contributed by atoms with Crippen molar-refractivity contribution in [3.8, 4) is 11.5 Å². The van der Waals surface area contributed by atoms with E-state index in [-0.39, 0.29) is 49.5 Å². The molecule has 3 atom stereocenters. The second-order valence-electron chi connectivity index (χ2n) is 14.7. The number of benzene rings is 3. The van der Waals surface area contributed by atoms with Crippen LogP contribution in [0.2, 0.25) is 0 Å². The van der Waals surface area contributed by atoms with Gasteiger partial charge in [0.15, 0.2) is 11.5 Å². The molecule has 51 heavy (non-hydrogen) atoms. The lowest BCUT2D eigenvalue weighted by molar-refractivity contribution is -0.152. The van der Waals surface area contributed by atoms with Crippen molar-refractivity contribution in [2.45, 2.75) is 89.9 Å². The van der Waals surface area contributed by atoms with Gasteiger partial charge in [-0.15, -0.1) is 0 Å². The Morgan fingerprint density at radius 1 is 0.902 bits per heavy atom. The fraction of sp³-hybridized carbons (Fsp3) is 0.488. The highest BCUT2D eigenvalue weighted by Gasteiger charge is 2.49. The number of rotatable bonds is 6. The maximum atomic E-state index is 15.6. The minimum Gasteiger partial charge on any atom is -0.454 e.